The van der Waals surface area contributed by atoms with Crippen molar-refractivity contribution in [1.29, 1.82) is 0 Å². The normalized spacial score (nSPS) is 17.2. The maximum absolute atomic E-state index is 14.2. The Labute approximate surface area is 164 Å². The Morgan fingerprint density at radius 1 is 0.964 bits per heavy atom. The van der Waals surface area contributed by atoms with Crippen LogP contribution in [-0.4, -0.2) is 34.7 Å². The molecule has 0 bridgehead atoms. The van der Waals surface area contributed by atoms with Crippen LogP contribution in [0.4, 0.5) is 4.39 Å². The molecule has 2 aromatic carbocycles. The first-order chi connectivity index (χ1) is 13.5. The molecule has 0 radical (unpaired) electrons. The number of rotatable bonds is 4. The van der Waals surface area contributed by atoms with E-state index >= 15 is 0 Å². The third-order valence-electron chi connectivity index (χ3n) is 5.50. The second-order valence-electron chi connectivity index (χ2n) is 7.52. The number of hydrogen-bond acceptors (Lipinski definition) is 3. The van der Waals surface area contributed by atoms with Crippen molar-refractivity contribution < 1.29 is 14.0 Å². The average Bonchev–Trinajstić information content (AvgIpc) is 3.26. The van der Waals surface area contributed by atoms with Crippen LogP contribution in [0.15, 0.2) is 48.2 Å². The highest BCUT2D eigenvalue weighted by Gasteiger charge is 2.42. The van der Waals surface area contributed by atoms with Crippen LogP contribution in [0.25, 0.3) is 5.57 Å². The van der Waals surface area contributed by atoms with Crippen molar-refractivity contribution in [3.8, 4) is 0 Å². The van der Waals surface area contributed by atoms with E-state index in [-0.39, 0.29) is 18.4 Å². The molecule has 2 aromatic rings. The fourth-order valence-electron chi connectivity index (χ4n) is 4.07. The molecule has 2 amide bonds. The second kappa shape index (κ2) is 7.23. The fraction of sp³-hybridized carbons (Fsp3) is 0.304. The third kappa shape index (κ3) is 3.11. The van der Waals surface area contributed by atoms with Crippen molar-refractivity contribution in [2.24, 2.45) is 0 Å². The first-order valence-corrected chi connectivity index (χ1v) is 9.64. The van der Waals surface area contributed by atoms with E-state index in [4.69, 9.17) is 0 Å². The van der Waals surface area contributed by atoms with Gasteiger partial charge >= 0.3 is 0 Å². The van der Waals surface area contributed by atoms with Crippen molar-refractivity contribution in [2.75, 3.05) is 13.1 Å². The van der Waals surface area contributed by atoms with Crippen LogP contribution in [0.3, 0.4) is 0 Å². The Balaban J connectivity index is 1.78. The van der Waals surface area contributed by atoms with E-state index in [9.17, 15) is 14.0 Å². The molecule has 5 heteroatoms. The number of nitrogens with zero attached hydrogens (tertiary/aromatic N) is 2. The minimum Gasteiger partial charge on any atom is -0.366 e. The van der Waals surface area contributed by atoms with Gasteiger partial charge in [0, 0.05) is 18.7 Å². The summed E-state index contributed by atoms with van der Waals surface area (Å²) in [5.41, 5.74) is 4.09. The van der Waals surface area contributed by atoms with E-state index in [1.165, 1.54) is 11.0 Å². The van der Waals surface area contributed by atoms with Crippen LogP contribution in [-0.2, 0) is 16.1 Å². The molecular formula is C23H23FN2O2. The van der Waals surface area contributed by atoms with Gasteiger partial charge in [-0.05, 0) is 43.9 Å². The number of hydrogen-bond donors (Lipinski definition) is 0. The number of amides is 2. The maximum Gasteiger partial charge on any atom is 0.278 e. The predicted octanol–water partition coefficient (Wildman–Crippen LogP) is 3.82. The molecule has 2 aliphatic heterocycles. The van der Waals surface area contributed by atoms with Gasteiger partial charge in [-0.15, -0.1) is 0 Å². The van der Waals surface area contributed by atoms with E-state index in [0.29, 0.717) is 16.8 Å². The van der Waals surface area contributed by atoms with Crippen molar-refractivity contribution in [1.82, 2.24) is 9.80 Å². The summed E-state index contributed by atoms with van der Waals surface area (Å²) in [6, 6.07) is 12.1. The van der Waals surface area contributed by atoms with Crippen LogP contribution in [0.2, 0.25) is 0 Å². The topological polar surface area (TPSA) is 40.6 Å². The highest BCUT2D eigenvalue weighted by Crippen LogP contribution is 2.35. The van der Waals surface area contributed by atoms with E-state index in [2.05, 4.69) is 0 Å². The zero-order valence-corrected chi connectivity index (χ0v) is 16.2. The Kier molecular flexibility index (Phi) is 4.75. The Bertz CT molecular complexity index is 990. The minimum atomic E-state index is -0.411. The quantitative estimate of drug-likeness (QED) is 0.760. The minimum absolute atomic E-state index is 0.0594. The van der Waals surface area contributed by atoms with Crippen LogP contribution in [0.1, 0.15) is 35.1 Å². The second-order valence-corrected chi connectivity index (χ2v) is 7.52. The molecule has 144 valence electrons. The molecule has 1 saturated heterocycles. The molecule has 28 heavy (non-hydrogen) atoms. The van der Waals surface area contributed by atoms with Crippen LogP contribution in [0, 0.1) is 19.7 Å². The summed E-state index contributed by atoms with van der Waals surface area (Å²) in [6.07, 6.45) is 2.00. The number of carbonyl (C=O) groups is 2. The number of imide groups is 1. The molecule has 0 unspecified atom stereocenters. The third-order valence-corrected chi connectivity index (χ3v) is 5.50. The van der Waals surface area contributed by atoms with Crippen molar-refractivity contribution >= 4 is 17.4 Å². The summed E-state index contributed by atoms with van der Waals surface area (Å²) in [7, 11) is 0. The zero-order chi connectivity index (χ0) is 19.8. The van der Waals surface area contributed by atoms with E-state index in [1.807, 2.05) is 36.9 Å². The van der Waals surface area contributed by atoms with Crippen LogP contribution in [0.5, 0.6) is 0 Å². The van der Waals surface area contributed by atoms with Crippen LogP contribution >= 0.6 is 0 Å². The smallest absolute Gasteiger partial charge is 0.278 e. The lowest BCUT2D eigenvalue weighted by Gasteiger charge is -2.20. The molecule has 2 heterocycles. The van der Waals surface area contributed by atoms with Gasteiger partial charge in [0.2, 0.25) is 0 Å². The van der Waals surface area contributed by atoms with Crippen molar-refractivity contribution in [2.45, 2.75) is 33.2 Å². The summed E-state index contributed by atoms with van der Waals surface area (Å²) in [5, 5.41) is 0. The number of aryl methyl sites for hydroxylation is 2. The number of likely N-dealkylation sites (tertiary alicyclic amines) is 1. The van der Waals surface area contributed by atoms with E-state index in [0.717, 1.165) is 42.6 Å². The predicted molar refractivity (Wildman–Crippen MR) is 106 cm³/mol. The largest absolute Gasteiger partial charge is 0.366 e. The molecule has 0 N–H and O–H groups in total. The molecular weight excluding hydrogens is 355 g/mol. The van der Waals surface area contributed by atoms with Crippen LogP contribution < -0.4 is 0 Å². The highest BCUT2D eigenvalue weighted by molar-refractivity contribution is 6.35. The summed E-state index contributed by atoms with van der Waals surface area (Å²) in [5.74, 6) is -1.09. The first-order valence-electron chi connectivity index (χ1n) is 9.64. The molecule has 4 rings (SSSR count). The molecule has 0 spiro atoms. The van der Waals surface area contributed by atoms with Crippen molar-refractivity contribution in [3.63, 3.8) is 0 Å². The van der Waals surface area contributed by atoms with Gasteiger partial charge < -0.3 is 4.90 Å². The monoisotopic (exact) mass is 378 g/mol. The lowest BCUT2D eigenvalue weighted by Crippen LogP contribution is -2.34. The van der Waals surface area contributed by atoms with Gasteiger partial charge in [0.05, 0.1) is 12.1 Å². The van der Waals surface area contributed by atoms with Crippen molar-refractivity contribution in [3.05, 3.63) is 76.2 Å². The van der Waals surface area contributed by atoms with Gasteiger partial charge in [0.25, 0.3) is 11.8 Å². The maximum atomic E-state index is 14.2. The van der Waals surface area contributed by atoms with Gasteiger partial charge in [-0.3, -0.25) is 14.5 Å². The average molecular weight is 378 g/mol. The Morgan fingerprint density at radius 3 is 2.36 bits per heavy atom. The van der Waals surface area contributed by atoms with Gasteiger partial charge in [-0.2, -0.15) is 0 Å². The fourth-order valence-corrected chi connectivity index (χ4v) is 4.07. The van der Waals surface area contributed by atoms with Gasteiger partial charge in [-0.25, -0.2) is 4.39 Å². The standard InChI is InChI=1S/C23H23FN2O2/c1-15-9-10-18(16(2)13-15)20-21(25-11-5-6-12-25)23(28)26(22(20)27)14-17-7-3-4-8-19(17)24/h3-4,7-10,13H,5-6,11-12,14H2,1-2H3. The lowest BCUT2D eigenvalue weighted by atomic mass is 9.97. The SMILES string of the molecule is Cc1ccc(C2=C(N3CCCC3)C(=O)N(Cc3ccccc3F)C2=O)c(C)c1. The number of carbonyl (C=O) groups excluding carboxylic acids is 2. The molecule has 0 saturated carbocycles. The molecule has 0 aromatic heterocycles. The summed E-state index contributed by atoms with van der Waals surface area (Å²) in [6.45, 7) is 5.41. The summed E-state index contributed by atoms with van der Waals surface area (Å²) >= 11 is 0. The van der Waals surface area contributed by atoms with Gasteiger partial charge in [0.15, 0.2) is 0 Å². The molecule has 1 fully saturated rings. The Morgan fingerprint density at radius 2 is 1.68 bits per heavy atom. The molecule has 2 aliphatic rings. The molecule has 4 nitrogen and oxygen atoms in total. The first kappa shape index (κ1) is 18.4. The zero-order valence-electron chi connectivity index (χ0n) is 16.2. The summed E-state index contributed by atoms with van der Waals surface area (Å²) < 4.78 is 14.2. The highest BCUT2D eigenvalue weighted by atomic mass is 19.1. The van der Waals surface area contributed by atoms with Gasteiger partial charge in [-0.1, -0.05) is 42.0 Å². The van der Waals surface area contributed by atoms with E-state index < -0.39 is 5.82 Å². The van der Waals surface area contributed by atoms with Gasteiger partial charge in [0.1, 0.15) is 11.5 Å². The Hall–Kier alpha value is -2.95. The number of halogens is 1. The number of benzene rings is 2. The molecule has 0 atom stereocenters. The summed E-state index contributed by atoms with van der Waals surface area (Å²) in [4.78, 5) is 29.8. The van der Waals surface area contributed by atoms with E-state index in [1.54, 1.807) is 18.2 Å². The lowest BCUT2D eigenvalue weighted by molar-refractivity contribution is -0.138. The molecule has 0 aliphatic carbocycles.